The number of aromatic nitrogens is 2. The number of nitrogens with zero attached hydrogens (tertiary/aromatic N) is 3. The molecule has 4 nitrogen and oxygen atoms in total. The molecule has 2 aromatic heterocycles. The van der Waals surface area contributed by atoms with E-state index in [1.807, 2.05) is 30.3 Å². The maximum atomic E-state index is 5.84. The first kappa shape index (κ1) is 19.6. The Kier molecular flexibility index (Phi) is 5.52. The van der Waals surface area contributed by atoms with E-state index in [2.05, 4.69) is 73.1 Å². The number of nitrogens with two attached hydrogens (primary N) is 1. The van der Waals surface area contributed by atoms with Gasteiger partial charge in [0.2, 0.25) is 11.2 Å². The Balaban J connectivity index is 0.00000225. The molecule has 0 amide bonds. The van der Waals surface area contributed by atoms with Crippen molar-refractivity contribution in [2.24, 2.45) is 7.05 Å². The number of benzene rings is 2. The Morgan fingerprint density at radius 1 is 0.893 bits per heavy atom. The molecule has 142 valence electrons. The van der Waals surface area contributed by atoms with Crippen LogP contribution in [0, 0.1) is 0 Å². The molecule has 0 fully saturated rings. The fourth-order valence-electron chi connectivity index (χ4n) is 3.28. The van der Waals surface area contributed by atoms with E-state index >= 15 is 0 Å². The summed E-state index contributed by atoms with van der Waals surface area (Å²) in [5, 5.41) is 2.28. The van der Waals surface area contributed by atoms with Crippen LogP contribution in [0.25, 0.3) is 34.0 Å². The van der Waals surface area contributed by atoms with Crippen LogP contribution in [0.3, 0.4) is 0 Å². The summed E-state index contributed by atoms with van der Waals surface area (Å²) in [6.45, 7) is 0. The standard InChI is InChI=1S/C23H22N4.ClH/c1-26(2)21-11-13-23-17(15-21)5-9-20(27(23)3)10-8-19-7-4-16-14-18(24)6-12-22(16)25-19;/h4-15,24H,1-3H3;1H. The van der Waals surface area contributed by atoms with Crippen LogP contribution < -0.4 is 27.6 Å². The molecule has 0 unspecified atom stereocenters. The highest BCUT2D eigenvalue weighted by molar-refractivity contribution is 5.84. The second-order valence-corrected chi connectivity index (χ2v) is 6.98. The lowest BCUT2D eigenvalue weighted by Crippen LogP contribution is -3.00. The summed E-state index contributed by atoms with van der Waals surface area (Å²) in [5.74, 6) is 0. The summed E-state index contributed by atoms with van der Waals surface area (Å²) in [6, 6.07) is 20.7. The van der Waals surface area contributed by atoms with Crippen LogP contribution in [0.15, 0.2) is 60.7 Å². The molecule has 4 aromatic rings. The third-order valence-corrected chi connectivity index (χ3v) is 4.87. The zero-order valence-electron chi connectivity index (χ0n) is 16.2. The van der Waals surface area contributed by atoms with Crippen molar-refractivity contribution >= 4 is 45.3 Å². The van der Waals surface area contributed by atoms with Crippen LogP contribution in [0.2, 0.25) is 0 Å². The molecule has 0 saturated heterocycles. The molecule has 28 heavy (non-hydrogen) atoms. The second kappa shape index (κ2) is 7.87. The van der Waals surface area contributed by atoms with Gasteiger partial charge in [-0.05, 0) is 48.5 Å². The monoisotopic (exact) mass is 390 g/mol. The first-order valence-electron chi connectivity index (χ1n) is 8.96. The van der Waals surface area contributed by atoms with Gasteiger partial charge in [-0.3, -0.25) is 0 Å². The predicted octanol–water partition coefficient (Wildman–Crippen LogP) is 1.04. The van der Waals surface area contributed by atoms with Gasteiger partial charge in [0.1, 0.15) is 7.05 Å². The van der Waals surface area contributed by atoms with E-state index in [0.29, 0.717) is 0 Å². The van der Waals surface area contributed by atoms with Gasteiger partial charge in [0.25, 0.3) is 0 Å². The Hall–Kier alpha value is -3.11. The Morgan fingerprint density at radius 3 is 2.46 bits per heavy atom. The van der Waals surface area contributed by atoms with E-state index in [4.69, 9.17) is 10.7 Å². The molecule has 0 atom stereocenters. The second-order valence-electron chi connectivity index (χ2n) is 6.98. The third-order valence-electron chi connectivity index (χ3n) is 4.87. The largest absolute Gasteiger partial charge is 1.00 e. The molecule has 0 bridgehead atoms. The van der Waals surface area contributed by atoms with Gasteiger partial charge in [-0.1, -0.05) is 6.07 Å². The van der Waals surface area contributed by atoms with Crippen LogP contribution in [0.1, 0.15) is 11.4 Å². The van der Waals surface area contributed by atoms with Crippen LogP contribution in [0.5, 0.6) is 0 Å². The van der Waals surface area contributed by atoms with Crippen molar-refractivity contribution in [2.45, 2.75) is 0 Å². The normalized spacial score (nSPS) is 11.1. The molecular weight excluding hydrogens is 368 g/mol. The minimum absolute atomic E-state index is 0. The van der Waals surface area contributed by atoms with Crippen molar-refractivity contribution in [3.63, 3.8) is 0 Å². The zero-order valence-corrected chi connectivity index (χ0v) is 17.0. The summed E-state index contributed by atoms with van der Waals surface area (Å²) in [7, 11) is 6.21. The summed E-state index contributed by atoms with van der Waals surface area (Å²) < 4.78 is 2.20. The number of fused-ring (bicyclic) bond motifs is 2. The minimum Gasteiger partial charge on any atom is -1.00 e. The highest BCUT2D eigenvalue weighted by Gasteiger charge is 2.10. The minimum atomic E-state index is 0. The molecule has 0 radical (unpaired) electrons. The molecule has 5 heteroatoms. The van der Waals surface area contributed by atoms with Gasteiger partial charge >= 0.3 is 0 Å². The number of anilines is 2. The molecule has 2 N–H and O–H groups in total. The Morgan fingerprint density at radius 2 is 1.68 bits per heavy atom. The molecule has 0 saturated carbocycles. The van der Waals surface area contributed by atoms with Crippen LogP contribution in [-0.4, -0.2) is 19.1 Å². The van der Waals surface area contributed by atoms with E-state index in [1.165, 1.54) is 16.6 Å². The Labute approximate surface area is 171 Å². The topological polar surface area (TPSA) is 46.0 Å². The van der Waals surface area contributed by atoms with Crippen molar-refractivity contribution in [3.8, 4) is 0 Å². The van der Waals surface area contributed by atoms with Crippen molar-refractivity contribution in [1.82, 2.24) is 4.98 Å². The summed E-state index contributed by atoms with van der Waals surface area (Å²) in [4.78, 5) is 6.81. The lowest BCUT2D eigenvalue weighted by molar-refractivity contribution is -0.646. The van der Waals surface area contributed by atoms with E-state index in [-0.39, 0.29) is 12.4 Å². The van der Waals surface area contributed by atoms with Crippen molar-refractivity contribution < 1.29 is 17.0 Å². The molecule has 4 rings (SSSR count). The number of pyridine rings is 2. The first-order chi connectivity index (χ1) is 13.0. The maximum Gasteiger partial charge on any atom is 0.212 e. The first-order valence-corrected chi connectivity index (χ1v) is 8.96. The number of rotatable bonds is 3. The summed E-state index contributed by atoms with van der Waals surface area (Å²) in [6.07, 6.45) is 4.15. The van der Waals surface area contributed by atoms with Gasteiger partial charge in [-0.25, -0.2) is 4.98 Å². The fraction of sp³-hybridized carbons (Fsp3) is 0.130. The molecule has 0 aliphatic heterocycles. The van der Waals surface area contributed by atoms with Gasteiger partial charge in [0, 0.05) is 54.5 Å². The molecule has 0 spiro atoms. The lowest BCUT2D eigenvalue weighted by atomic mass is 10.1. The number of halogens is 1. The average Bonchev–Trinajstić information content (AvgIpc) is 2.67. The number of hydrogen-bond acceptors (Lipinski definition) is 3. The number of aryl methyl sites for hydroxylation is 1. The van der Waals surface area contributed by atoms with Gasteiger partial charge < -0.3 is 23.0 Å². The number of nitrogen functional groups attached to an aromatic ring is 1. The van der Waals surface area contributed by atoms with Crippen LogP contribution >= 0.6 is 0 Å². The van der Waals surface area contributed by atoms with Crippen molar-refractivity contribution in [2.75, 3.05) is 24.7 Å². The Bertz CT molecular complexity index is 1180. The third kappa shape index (κ3) is 3.78. The number of hydrogen-bond donors (Lipinski definition) is 1. The van der Waals surface area contributed by atoms with Crippen molar-refractivity contribution in [1.29, 1.82) is 0 Å². The molecule has 0 aliphatic rings. The van der Waals surface area contributed by atoms with Gasteiger partial charge in [-0.2, -0.15) is 4.57 Å². The molecule has 2 heterocycles. The smallest absolute Gasteiger partial charge is 0.212 e. The summed E-state index contributed by atoms with van der Waals surface area (Å²) in [5.41, 5.74) is 12.0. The van der Waals surface area contributed by atoms with E-state index < -0.39 is 0 Å². The SMILES string of the molecule is CN(C)c1ccc2c(ccc(/C=C/c3ccc4cc(N)ccc4n3)[n+]2C)c1.[Cl-]. The van der Waals surface area contributed by atoms with Crippen molar-refractivity contribution in [3.05, 3.63) is 72.1 Å². The highest BCUT2D eigenvalue weighted by atomic mass is 35.5. The van der Waals surface area contributed by atoms with Gasteiger partial charge in [-0.15, -0.1) is 0 Å². The lowest BCUT2D eigenvalue weighted by Gasteiger charge is -2.12. The average molecular weight is 391 g/mol. The van der Waals surface area contributed by atoms with E-state index in [1.54, 1.807) is 0 Å². The molecule has 0 aliphatic carbocycles. The predicted molar refractivity (Wildman–Crippen MR) is 115 cm³/mol. The molecular formula is C23H23ClN4. The van der Waals surface area contributed by atoms with Gasteiger partial charge in [0.05, 0.1) is 11.2 Å². The van der Waals surface area contributed by atoms with E-state index in [9.17, 15) is 0 Å². The van der Waals surface area contributed by atoms with Gasteiger partial charge in [0.15, 0.2) is 0 Å². The fourth-order valence-corrected chi connectivity index (χ4v) is 3.28. The quantitative estimate of drug-likeness (QED) is 0.420. The maximum absolute atomic E-state index is 5.84. The summed E-state index contributed by atoms with van der Waals surface area (Å²) >= 11 is 0. The zero-order chi connectivity index (χ0) is 19.0. The van der Waals surface area contributed by atoms with Crippen LogP contribution in [0.4, 0.5) is 11.4 Å². The van der Waals surface area contributed by atoms with Crippen LogP contribution in [-0.2, 0) is 7.05 Å². The van der Waals surface area contributed by atoms with E-state index in [0.717, 1.165) is 28.0 Å². The molecule has 2 aromatic carbocycles. The highest BCUT2D eigenvalue weighted by Crippen LogP contribution is 2.20.